The molecule has 0 saturated heterocycles. The summed E-state index contributed by atoms with van der Waals surface area (Å²) in [6, 6.07) is -0.315. The maximum atomic E-state index is 11.8. The molecule has 0 aliphatic heterocycles. The number of nitrogens with zero attached hydrogens (tertiary/aromatic N) is 1. The van der Waals surface area contributed by atoms with Gasteiger partial charge in [0.05, 0.1) is 11.6 Å². The van der Waals surface area contributed by atoms with Crippen LogP contribution in [0.25, 0.3) is 0 Å². The summed E-state index contributed by atoms with van der Waals surface area (Å²) in [7, 11) is 0. The van der Waals surface area contributed by atoms with E-state index >= 15 is 0 Å². The van der Waals surface area contributed by atoms with E-state index in [1.807, 2.05) is 0 Å². The maximum Gasteiger partial charge on any atom is 0.308 e. The highest BCUT2D eigenvalue weighted by atomic mass is 16.4. The van der Waals surface area contributed by atoms with Crippen LogP contribution in [-0.4, -0.2) is 28.0 Å². The van der Waals surface area contributed by atoms with Gasteiger partial charge < -0.3 is 14.8 Å². The minimum Gasteiger partial charge on any atom is -0.481 e. The standard InChI is InChI=1S/C11H14N2O4/c1-6-9(17-5-12-6)10(14)13-8-4-2-3-7(8)11(15)16/h5,7-8H,2-4H2,1H3,(H,13,14)(H,15,16). The van der Waals surface area contributed by atoms with Crippen LogP contribution in [0.2, 0.25) is 0 Å². The average molecular weight is 238 g/mol. The molecule has 1 aliphatic rings. The Hall–Kier alpha value is -1.85. The number of carboxylic acid groups (broad SMARTS) is 1. The number of rotatable bonds is 3. The van der Waals surface area contributed by atoms with Gasteiger partial charge in [0, 0.05) is 6.04 Å². The predicted octanol–water partition coefficient (Wildman–Crippen LogP) is 0.966. The van der Waals surface area contributed by atoms with Gasteiger partial charge in [0.1, 0.15) is 0 Å². The lowest BCUT2D eigenvalue weighted by Gasteiger charge is -2.16. The van der Waals surface area contributed by atoms with Gasteiger partial charge in [0.25, 0.3) is 5.91 Å². The molecule has 1 aromatic heterocycles. The van der Waals surface area contributed by atoms with Gasteiger partial charge in [0.2, 0.25) is 5.76 Å². The fraction of sp³-hybridized carbons (Fsp3) is 0.545. The monoisotopic (exact) mass is 238 g/mol. The first-order chi connectivity index (χ1) is 8.09. The van der Waals surface area contributed by atoms with Gasteiger partial charge in [-0.15, -0.1) is 0 Å². The quantitative estimate of drug-likeness (QED) is 0.818. The third-order valence-corrected chi connectivity index (χ3v) is 3.10. The molecule has 0 bridgehead atoms. The molecule has 2 unspecified atom stereocenters. The van der Waals surface area contributed by atoms with Crippen molar-refractivity contribution in [1.29, 1.82) is 0 Å². The normalized spacial score (nSPS) is 23.6. The summed E-state index contributed by atoms with van der Waals surface area (Å²) >= 11 is 0. The lowest BCUT2D eigenvalue weighted by Crippen LogP contribution is -2.40. The number of hydrogen-bond acceptors (Lipinski definition) is 4. The number of amides is 1. The third-order valence-electron chi connectivity index (χ3n) is 3.10. The molecule has 1 fully saturated rings. The first-order valence-corrected chi connectivity index (χ1v) is 5.53. The lowest BCUT2D eigenvalue weighted by atomic mass is 10.0. The molecule has 1 aliphatic carbocycles. The molecule has 17 heavy (non-hydrogen) atoms. The molecular weight excluding hydrogens is 224 g/mol. The number of aryl methyl sites for hydroxylation is 1. The highest BCUT2D eigenvalue weighted by molar-refractivity contribution is 5.92. The fourth-order valence-corrected chi connectivity index (χ4v) is 2.18. The molecule has 92 valence electrons. The Kier molecular flexibility index (Phi) is 3.12. The molecule has 1 heterocycles. The van der Waals surface area contributed by atoms with Crippen molar-refractivity contribution in [1.82, 2.24) is 10.3 Å². The Labute approximate surface area is 98.0 Å². The van der Waals surface area contributed by atoms with E-state index in [9.17, 15) is 9.59 Å². The second-order valence-electron chi connectivity index (χ2n) is 4.22. The fourth-order valence-electron chi connectivity index (χ4n) is 2.18. The SMILES string of the molecule is Cc1ncoc1C(=O)NC1CCCC1C(=O)O. The van der Waals surface area contributed by atoms with Crippen molar-refractivity contribution in [2.75, 3.05) is 0 Å². The highest BCUT2D eigenvalue weighted by Crippen LogP contribution is 2.26. The highest BCUT2D eigenvalue weighted by Gasteiger charge is 2.34. The van der Waals surface area contributed by atoms with Crippen LogP contribution in [0.5, 0.6) is 0 Å². The number of nitrogens with one attached hydrogen (secondary N) is 1. The lowest BCUT2D eigenvalue weighted by molar-refractivity contribution is -0.142. The van der Waals surface area contributed by atoms with Crippen LogP contribution in [-0.2, 0) is 4.79 Å². The average Bonchev–Trinajstić information content (AvgIpc) is 2.86. The van der Waals surface area contributed by atoms with Gasteiger partial charge in [-0.25, -0.2) is 4.98 Å². The van der Waals surface area contributed by atoms with Gasteiger partial charge in [-0.3, -0.25) is 9.59 Å². The summed E-state index contributed by atoms with van der Waals surface area (Å²) in [6.45, 7) is 1.67. The topological polar surface area (TPSA) is 92.4 Å². The summed E-state index contributed by atoms with van der Waals surface area (Å²) in [5, 5.41) is 11.7. The van der Waals surface area contributed by atoms with E-state index in [2.05, 4.69) is 10.3 Å². The van der Waals surface area contributed by atoms with E-state index in [1.54, 1.807) is 6.92 Å². The van der Waals surface area contributed by atoms with Gasteiger partial charge in [-0.2, -0.15) is 0 Å². The van der Waals surface area contributed by atoms with Gasteiger partial charge >= 0.3 is 5.97 Å². The van der Waals surface area contributed by atoms with Crippen LogP contribution >= 0.6 is 0 Å². The van der Waals surface area contributed by atoms with Crippen LogP contribution in [0.3, 0.4) is 0 Å². The van der Waals surface area contributed by atoms with Crippen LogP contribution in [0, 0.1) is 12.8 Å². The summed E-state index contributed by atoms with van der Waals surface area (Å²) in [5.74, 6) is -1.59. The van der Waals surface area contributed by atoms with Crippen molar-refractivity contribution in [3.05, 3.63) is 17.8 Å². The zero-order chi connectivity index (χ0) is 12.4. The molecule has 2 rings (SSSR count). The predicted molar refractivity (Wildman–Crippen MR) is 57.5 cm³/mol. The minimum absolute atomic E-state index is 0.154. The zero-order valence-electron chi connectivity index (χ0n) is 9.47. The van der Waals surface area contributed by atoms with Crippen molar-refractivity contribution < 1.29 is 19.1 Å². The second-order valence-corrected chi connectivity index (χ2v) is 4.22. The molecule has 0 radical (unpaired) electrons. The molecule has 1 saturated carbocycles. The zero-order valence-corrected chi connectivity index (χ0v) is 9.47. The molecule has 6 heteroatoms. The van der Waals surface area contributed by atoms with Crippen LogP contribution in [0.15, 0.2) is 10.8 Å². The van der Waals surface area contributed by atoms with Crippen LogP contribution in [0.4, 0.5) is 0 Å². The van der Waals surface area contributed by atoms with E-state index in [0.29, 0.717) is 18.5 Å². The Bertz CT molecular complexity index is 440. The summed E-state index contributed by atoms with van der Waals surface area (Å²) in [6.07, 6.45) is 3.32. The number of carboxylic acids is 1. The second kappa shape index (κ2) is 4.57. The van der Waals surface area contributed by atoms with Gasteiger partial charge in [0.15, 0.2) is 6.39 Å². The number of carbonyl (C=O) groups is 2. The van der Waals surface area contributed by atoms with Crippen LogP contribution < -0.4 is 5.32 Å². The summed E-state index contributed by atoms with van der Waals surface area (Å²) in [4.78, 5) is 26.6. The van der Waals surface area contributed by atoms with Crippen LogP contribution in [0.1, 0.15) is 35.5 Å². The molecule has 1 aromatic rings. The molecule has 0 aromatic carbocycles. The summed E-state index contributed by atoms with van der Waals surface area (Å²) in [5.41, 5.74) is 0.507. The molecule has 2 N–H and O–H groups in total. The first-order valence-electron chi connectivity index (χ1n) is 5.53. The third kappa shape index (κ3) is 2.30. The molecular formula is C11H14N2O4. The maximum absolute atomic E-state index is 11.8. The van der Waals surface area contributed by atoms with Crippen molar-refractivity contribution in [2.24, 2.45) is 5.92 Å². The van der Waals surface area contributed by atoms with Crippen molar-refractivity contribution >= 4 is 11.9 Å². The number of hydrogen-bond donors (Lipinski definition) is 2. The van der Waals surface area contributed by atoms with E-state index in [-0.39, 0.29) is 11.8 Å². The Morgan fingerprint density at radius 2 is 2.29 bits per heavy atom. The first kappa shape index (κ1) is 11.6. The summed E-state index contributed by atoms with van der Waals surface area (Å²) < 4.78 is 4.96. The Morgan fingerprint density at radius 1 is 1.53 bits per heavy atom. The van der Waals surface area contributed by atoms with E-state index in [0.717, 1.165) is 6.42 Å². The van der Waals surface area contributed by atoms with E-state index in [4.69, 9.17) is 9.52 Å². The Balaban J connectivity index is 2.04. The number of aromatic nitrogens is 1. The number of carbonyl (C=O) groups excluding carboxylic acids is 1. The number of oxazole rings is 1. The van der Waals surface area contributed by atoms with Crippen molar-refractivity contribution in [3.8, 4) is 0 Å². The Morgan fingerprint density at radius 3 is 2.88 bits per heavy atom. The van der Waals surface area contributed by atoms with E-state index in [1.165, 1.54) is 6.39 Å². The largest absolute Gasteiger partial charge is 0.481 e. The minimum atomic E-state index is -0.859. The molecule has 1 amide bonds. The molecule has 0 spiro atoms. The molecule has 2 atom stereocenters. The van der Waals surface area contributed by atoms with Gasteiger partial charge in [-0.05, 0) is 19.8 Å². The van der Waals surface area contributed by atoms with E-state index < -0.39 is 17.8 Å². The molecule has 6 nitrogen and oxygen atoms in total. The number of aliphatic carboxylic acids is 1. The van der Waals surface area contributed by atoms with Gasteiger partial charge in [-0.1, -0.05) is 6.42 Å². The smallest absolute Gasteiger partial charge is 0.308 e. The van der Waals surface area contributed by atoms with Crippen molar-refractivity contribution in [2.45, 2.75) is 32.2 Å². The van der Waals surface area contributed by atoms with Crippen molar-refractivity contribution in [3.63, 3.8) is 0 Å².